The van der Waals surface area contributed by atoms with Crippen LogP contribution in [0.3, 0.4) is 0 Å². The van der Waals surface area contributed by atoms with Crippen molar-refractivity contribution in [3.05, 3.63) is 48.2 Å². The molecule has 0 radical (unpaired) electrons. The Morgan fingerprint density at radius 2 is 1.81 bits per heavy atom. The number of hydrogen-bond donors (Lipinski definition) is 3. The number of nitrogens with zero attached hydrogens (tertiary/aromatic N) is 1. The highest BCUT2D eigenvalue weighted by Crippen LogP contribution is 2.21. The number of carboxylic acids is 2. The van der Waals surface area contributed by atoms with Crippen molar-refractivity contribution in [3.63, 3.8) is 0 Å². The molecule has 0 aliphatic carbocycles. The normalized spacial score (nSPS) is 11.4. The Hall–Kier alpha value is -3.42. The largest absolute Gasteiger partial charge is 0.494 e. The fraction of sp³-hybridized carbons (Fsp3) is 0.263. The summed E-state index contributed by atoms with van der Waals surface area (Å²) in [6, 6.07) is 10.4. The summed E-state index contributed by atoms with van der Waals surface area (Å²) in [5.41, 5.74) is 1.28. The second-order valence-corrected chi connectivity index (χ2v) is 5.74. The summed E-state index contributed by atoms with van der Waals surface area (Å²) in [7, 11) is 0. The van der Waals surface area contributed by atoms with E-state index in [9.17, 15) is 14.4 Å². The lowest BCUT2D eigenvalue weighted by atomic mass is 10.1. The number of ether oxygens (including phenoxy) is 1. The highest BCUT2D eigenvalue weighted by atomic mass is 16.5. The Morgan fingerprint density at radius 1 is 1.11 bits per heavy atom. The number of carbonyl (C=O) groups excluding carboxylic acids is 1. The van der Waals surface area contributed by atoms with Crippen molar-refractivity contribution in [2.75, 3.05) is 6.61 Å². The maximum atomic E-state index is 12.2. The van der Waals surface area contributed by atoms with Gasteiger partial charge in [0.25, 0.3) is 5.91 Å². The van der Waals surface area contributed by atoms with Crippen molar-refractivity contribution in [3.8, 4) is 17.0 Å². The third-order valence-electron chi connectivity index (χ3n) is 3.59. The number of carboxylic acid groups (broad SMARTS) is 2. The Balaban J connectivity index is 2.15. The second kappa shape index (κ2) is 9.33. The summed E-state index contributed by atoms with van der Waals surface area (Å²) in [6.45, 7) is 2.63. The van der Waals surface area contributed by atoms with E-state index in [0.29, 0.717) is 12.3 Å². The molecular weight excluding hydrogens is 352 g/mol. The smallest absolute Gasteiger partial charge is 0.326 e. The Kier molecular flexibility index (Phi) is 6.87. The third-order valence-corrected chi connectivity index (χ3v) is 3.59. The van der Waals surface area contributed by atoms with Crippen LogP contribution in [-0.2, 0) is 9.59 Å². The van der Waals surface area contributed by atoms with Crippen molar-refractivity contribution in [1.29, 1.82) is 0 Å². The molecule has 0 aliphatic rings. The van der Waals surface area contributed by atoms with Crippen LogP contribution in [0.1, 0.15) is 30.3 Å². The first kappa shape index (κ1) is 19.9. The van der Waals surface area contributed by atoms with E-state index in [1.165, 1.54) is 6.07 Å². The van der Waals surface area contributed by atoms with Crippen LogP contribution in [-0.4, -0.2) is 45.7 Å². The number of hydrogen-bond acceptors (Lipinski definition) is 5. The highest BCUT2D eigenvalue weighted by Gasteiger charge is 2.24. The quantitative estimate of drug-likeness (QED) is 0.616. The first-order chi connectivity index (χ1) is 12.9. The van der Waals surface area contributed by atoms with E-state index in [0.717, 1.165) is 17.7 Å². The summed E-state index contributed by atoms with van der Waals surface area (Å²) in [5, 5.41) is 19.9. The number of amides is 1. The maximum absolute atomic E-state index is 12.2. The molecule has 0 saturated carbocycles. The molecule has 1 aromatic carbocycles. The van der Waals surface area contributed by atoms with Crippen molar-refractivity contribution in [1.82, 2.24) is 10.3 Å². The minimum Gasteiger partial charge on any atom is -0.494 e. The molecule has 1 aromatic heterocycles. The van der Waals surface area contributed by atoms with Crippen LogP contribution in [0, 0.1) is 0 Å². The zero-order valence-electron chi connectivity index (χ0n) is 14.7. The molecule has 0 bridgehead atoms. The van der Waals surface area contributed by atoms with Crippen LogP contribution < -0.4 is 10.1 Å². The van der Waals surface area contributed by atoms with Gasteiger partial charge < -0.3 is 20.3 Å². The minimum absolute atomic E-state index is 0.00421. The fourth-order valence-electron chi connectivity index (χ4n) is 2.27. The Morgan fingerprint density at radius 3 is 2.41 bits per heavy atom. The monoisotopic (exact) mass is 372 g/mol. The molecule has 0 fully saturated rings. The SMILES string of the molecule is CCCOc1ccc(-c2cccc(C(=O)N[C@@H](CC(=O)O)C(=O)O)n2)cc1. The third kappa shape index (κ3) is 5.81. The van der Waals surface area contributed by atoms with Crippen LogP contribution >= 0.6 is 0 Å². The van der Waals surface area contributed by atoms with Crippen LogP contribution in [0.2, 0.25) is 0 Å². The highest BCUT2D eigenvalue weighted by molar-refractivity contribution is 5.96. The summed E-state index contributed by atoms with van der Waals surface area (Å²) < 4.78 is 5.52. The van der Waals surface area contributed by atoms with Crippen LogP contribution in [0.4, 0.5) is 0 Å². The topological polar surface area (TPSA) is 126 Å². The van der Waals surface area contributed by atoms with Crippen molar-refractivity contribution in [2.45, 2.75) is 25.8 Å². The Labute approximate surface area is 155 Å². The van der Waals surface area contributed by atoms with E-state index in [-0.39, 0.29) is 5.69 Å². The van der Waals surface area contributed by atoms with Crippen molar-refractivity contribution < 1.29 is 29.3 Å². The van der Waals surface area contributed by atoms with Gasteiger partial charge in [0, 0.05) is 5.56 Å². The molecule has 8 nitrogen and oxygen atoms in total. The maximum Gasteiger partial charge on any atom is 0.326 e. The van der Waals surface area contributed by atoms with E-state index in [2.05, 4.69) is 10.3 Å². The van der Waals surface area contributed by atoms with Gasteiger partial charge in [-0.25, -0.2) is 9.78 Å². The lowest BCUT2D eigenvalue weighted by Gasteiger charge is -2.12. The van der Waals surface area contributed by atoms with Crippen molar-refractivity contribution >= 4 is 17.8 Å². The average Bonchev–Trinajstić information content (AvgIpc) is 2.66. The van der Waals surface area contributed by atoms with Gasteiger partial charge in [0.15, 0.2) is 0 Å². The molecule has 1 atom stereocenters. The molecule has 142 valence electrons. The molecule has 27 heavy (non-hydrogen) atoms. The molecule has 2 aromatic rings. The molecule has 2 rings (SSSR count). The number of carbonyl (C=O) groups is 3. The summed E-state index contributed by atoms with van der Waals surface area (Å²) >= 11 is 0. The molecule has 1 heterocycles. The molecule has 3 N–H and O–H groups in total. The van der Waals surface area contributed by atoms with E-state index in [4.69, 9.17) is 14.9 Å². The van der Waals surface area contributed by atoms with Gasteiger partial charge in [0.2, 0.25) is 0 Å². The number of nitrogens with one attached hydrogen (secondary N) is 1. The molecule has 0 aliphatic heterocycles. The zero-order valence-corrected chi connectivity index (χ0v) is 14.7. The number of rotatable bonds is 9. The van der Waals surface area contributed by atoms with Gasteiger partial charge in [-0.2, -0.15) is 0 Å². The van der Waals surface area contributed by atoms with E-state index < -0.39 is 30.3 Å². The zero-order chi connectivity index (χ0) is 19.8. The van der Waals surface area contributed by atoms with E-state index >= 15 is 0 Å². The van der Waals surface area contributed by atoms with Gasteiger partial charge in [-0.05, 0) is 42.8 Å². The first-order valence-electron chi connectivity index (χ1n) is 8.36. The van der Waals surface area contributed by atoms with E-state index in [1.54, 1.807) is 36.4 Å². The first-order valence-corrected chi connectivity index (χ1v) is 8.36. The van der Waals surface area contributed by atoms with Gasteiger partial charge in [-0.3, -0.25) is 9.59 Å². The van der Waals surface area contributed by atoms with Crippen LogP contribution in [0.15, 0.2) is 42.5 Å². The summed E-state index contributed by atoms with van der Waals surface area (Å²) in [5.74, 6) is -2.78. The van der Waals surface area contributed by atoms with Crippen LogP contribution in [0.5, 0.6) is 5.75 Å². The molecule has 1 amide bonds. The van der Waals surface area contributed by atoms with Gasteiger partial charge in [0.1, 0.15) is 17.5 Å². The summed E-state index contributed by atoms with van der Waals surface area (Å²) in [4.78, 5) is 38.3. The molecule has 8 heteroatoms. The molecular formula is C19H20N2O6. The fourth-order valence-corrected chi connectivity index (χ4v) is 2.27. The standard InChI is InChI=1S/C19H20N2O6/c1-2-10-27-13-8-6-12(7-9-13)14-4-3-5-15(20-14)18(24)21-16(19(25)26)11-17(22)23/h3-9,16H,2,10-11H2,1H3,(H,21,24)(H,22,23)(H,25,26)/t16-/m0/s1. The minimum atomic E-state index is -1.53. The van der Waals surface area contributed by atoms with E-state index in [1.807, 2.05) is 6.92 Å². The predicted octanol–water partition coefficient (Wildman–Crippen LogP) is 2.20. The second-order valence-electron chi connectivity index (χ2n) is 5.74. The van der Waals surface area contributed by atoms with Gasteiger partial charge >= 0.3 is 11.9 Å². The predicted molar refractivity (Wildman–Crippen MR) is 96.6 cm³/mol. The lowest BCUT2D eigenvalue weighted by Crippen LogP contribution is -2.42. The number of pyridine rings is 1. The lowest BCUT2D eigenvalue weighted by molar-refractivity contribution is -0.145. The summed E-state index contributed by atoms with van der Waals surface area (Å²) in [6.07, 6.45) is 0.180. The molecule has 0 unspecified atom stereocenters. The van der Waals surface area contributed by atoms with Gasteiger partial charge in [-0.15, -0.1) is 0 Å². The number of aromatic nitrogens is 1. The number of benzene rings is 1. The van der Waals surface area contributed by atoms with Crippen molar-refractivity contribution in [2.24, 2.45) is 0 Å². The van der Waals surface area contributed by atoms with Gasteiger partial charge in [0.05, 0.1) is 18.7 Å². The molecule has 0 spiro atoms. The average molecular weight is 372 g/mol. The van der Waals surface area contributed by atoms with Crippen LogP contribution in [0.25, 0.3) is 11.3 Å². The molecule has 0 saturated heterocycles. The Bertz CT molecular complexity index is 819. The number of aliphatic carboxylic acids is 2. The van der Waals surface area contributed by atoms with Gasteiger partial charge in [-0.1, -0.05) is 13.0 Å².